The van der Waals surface area contributed by atoms with Crippen LogP contribution in [0.4, 0.5) is 14.6 Å². The molecule has 0 N–H and O–H groups in total. The molecular weight excluding hydrogens is 412 g/mol. The largest absolute Gasteiger partial charge is 0.378 e. The van der Waals surface area contributed by atoms with Crippen molar-refractivity contribution in [3.63, 3.8) is 0 Å². The van der Waals surface area contributed by atoms with Crippen LogP contribution in [0.1, 0.15) is 28.8 Å². The molecule has 4 rings (SSSR count). The minimum atomic E-state index is -0.844. The molecular formula is C22H22ClF2N3O2. The minimum Gasteiger partial charge on any atom is -0.378 e. The maximum absolute atomic E-state index is 13.4. The Hall–Kier alpha value is -2.51. The van der Waals surface area contributed by atoms with Crippen LogP contribution in [-0.4, -0.2) is 55.2 Å². The van der Waals surface area contributed by atoms with Crippen LogP contribution in [0.25, 0.3) is 6.08 Å². The van der Waals surface area contributed by atoms with Crippen molar-refractivity contribution >= 4 is 29.4 Å². The number of benzene rings is 1. The van der Waals surface area contributed by atoms with Gasteiger partial charge in [-0.05, 0) is 36.6 Å². The number of hydrogen-bond acceptors (Lipinski definition) is 4. The van der Waals surface area contributed by atoms with Crippen molar-refractivity contribution in [2.75, 3.05) is 44.3 Å². The number of ether oxygens (including phenoxy) is 1. The van der Waals surface area contributed by atoms with Crippen molar-refractivity contribution in [2.24, 2.45) is 0 Å². The number of morpholine rings is 1. The number of pyridine rings is 1. The van der Waals surface area contributed by atoms with E-state index < -0.39 is 11.6 Å². The van der Waals surface area contributed by atoms with Gasteiger partial charge < -0.3 is 14.5 Å². The summed E-state index contributed by atoms with van der Waals surface area (Å²) in [4.78, 5) is 20.9. The predicted octanol–water partition coefficient (Wildman–Crippen LogP) is 4.17. The number of halogens is 3. The molecule has 1 aromatic heterocycles. The fourth-order valence-corrected chi connectivity index (χ4v) is 4.00. The molecule has 8 heteroatoms. The van der Waals surface area contributed by atoms with Gasteiger partial charge in [0.2, 0.25) is 0 Å². The standard InChI is InChI=1S/C22H22ClF2N3O2/c23-18-13-17(22(29)28-7-9-30-10-8-28)14-26-21(18)27-5-3-15(4-6-27)11-16-1-2-19(24)20(25)12-16/h1-2,11-14H,3-10H2. The molecule has 0 bridgehead atoms. The van der Waals surface area contributed by atoms with Crippen molar-refractivity contribution < 1.29 is 18.3 Å². The van der Waals surface area contributed by atoms with Crippen LogP contribution in [0.2, 0.25) is 5.02 Å². The monoisotopic (exact) mass is 433 g/mol. The lowest BCUT2D eigenvalue weighted by atomic mass is 10.0. The Labute approximate surface area is 178 Å². The van der Waals surface area contributed by atoms with E-state index in [1.54, 1.807) is 23.2 Å². The van der Waals surface area contributed by atoms with Crippen LogP contribution >= 0.6 is 11.6 Å². The lowest BCUT2D eigenvalue weighted by molar-refractivity contribution is 0.0302. The fraction of sp³-hybridized carbons (Fsp3) is 0.364. The van der Waals surface area contributed by atoms with E-state index in [9.17, 15) is 13.6 Å². The van der Waals surface area contributed by atoms with Crippen LogP contribution in [-0.2, 0) is 4.74 Å². The number of hydrogen-bond donors (Lipinski definition) is 0. The third kappa shape index (κ3) is 4.63. The zero-order valence-corrected chi connectivity index (χ0v) is 17.2. The van der Waals surface area contributed by atoms with Crippen molar-refractivity contribution in [2.45, 2.75) is 12.8 Å². The van der Waals surface area contributed by atoms with Gasteiger partial charge in [-0.2, -0.15) is 0 Å². The van der Waals surface area contributed by atoms with Gasteiger partial charge in [0.25, 0.3) is 5.91 Å². The van der Waals surface area contributed by atoms with E-state index in [2.05, 4.69) is 9.88 Å². The van der Waals surface area contributed by atoms with Crippen molar-refractivity contribution in [1.82, 2.24) is 9.88 Å². The van der Waals surface area contributed by atoms with Gasteiger partial charge in [-0.3, -0.25) is 4.79 Å². The van der Waals surface area contributed by atoms with Gasteiger partial charge in [-0.15, -0.1) is 0 Å². The van der Waals surface area contributed by atoms with Crippen molar-refractivity contribution in [3.8, 4) is 0 Å². The van der Waals surface area contributed by atoms with Crippen LogP contribution in [0.3, 0.4) is 0 Å². The number of amides is 1. The predicted molar refractivity (Wildman–Crippen MR) is 112 cm³/mol. The maximum atomic E-state index is 13.4. The Morgan fingerprint density at radius 2 is 1.80 bits per heavy atom. The van der Waals surface area contributed by atoms with Crippen molar-refractivity contribution in [3.05, 3.63) is 63.8 Å². The van der Waals surface area contributed by atoms with Gasteiger partial charge in [0.1, 0.15) is 5.82 Å². The Morgan fingerprint density at radius 3 is 2.47 bits per heavy atom. The molecule has 2 aliphatic heterocycles. The fourth-order valence-electron chi connectivity index (χ4n) is 3.72. The Bertz CT molecular complexity index is 967. The molecule has 0 atom stereocenters. The third-order valence-corrected chi connectivity index (χ3v) is 5.66. The van der Waals surface area contributed by atoms with Crippen LogP contribution in [0.15, 0.2) is 36.0 Å². The van der Waals surface area contributed by atoms with Gasteiger partial charge in [0.15, 0.2) is 11.6 Å². The second kappa shape index (κ2) is 9.10. The molecule has 2 fully saturated rings. The number of nitrogens with zero attached hydrogens (tertiary/aromatic N) is 3. The average Bonchev–Trinajstić information content (AvgIpc) is 2.77. The lowest BCUT2D eigenvalue weighted by Crippen LogP contribution is -2.40. The second-order valence-corrected chi connectivity index (χ2v) is 7.80. The number of aromatic nitrogens is 1. The van der Waals surface area contributed by atoms with Gasteiger partial charge in [0.05, 0.1) is 23.8 Å². The molecule has 30 heavy (non-hydrogen) atoms. The number of rotatable bonds is 3. The highest BCUT2D eigenvalue weighted by molar-refractivity contribution is 6.33. The first-order valence-corrected chi connectivity index (χ1v) is 10.3. The summed E-state index contributed by atoms with van der Waals surface area (Å²) < 4.78 is 31.8. The summed E-state index contributed by atoms with van der Waals surface area (Å²) in [6, 6.07) is 5.59. The van der Waals surface area contributed by atoms with Crippen LogP contribution in [0.5, 0.6) is 0 Å². The summed E-state index contributed by atoms with van der Waals surface area (Å²) in [7, 11) is 0. The summed E-state index contributed by atoms with van der Waals surface area (Å²) >= 11 is 6.45. The number of anilines is 1. The molecule has 158 valence electrons. The first-order valence-electron chi connectivity index (χ1n) is 9.93. The quantitative estimate of drug-likeness (QED) is 0.728. The van der Waals surface area contributed by atoms with Crippen LogP contribution in [0, 0.1) is 11.6 Å². The van der Waals surface area contributed by atoms with E-state index in [0.717, 1.165) is 24.5 Å². The van der Waals surface area contributed by atoms with E-state index in [-0.39, 0.29) is 5.91 Å². The highest BCUT2D eigenvalue weighted by Crippen LogP contribution is 2.29. The molecule has 1 aromatic carbocycles. The Morgan fingerprint density at radius 1 is 1.07 bits per heavy atom. The van der Waals surface area contributed by atoms with Crippen LogP contribution < -0.4 is 4.90 Å². The summed E-state index contributed by atoms with van der Waals surface area (Å²) in [6.45, 7) is 3.63. The summed E-state index contributed by atoms with van der Waals surface area (Å²) in [5, 5.41) is 0.446. The highest BCUT2D eigenvalue weighted by Gasteiger charge is 2.22. The van der Waals surface area contributed by atoms with Gasteiger partial charge in [0, 0.05) is 32.4 Å². The smallest absolute Gasteiger partial charge is 0.255 e. The Kier molecular flexibility index (Phi) is 6.29. The highest BCUT2D eigenvalue weighted by atomic mass is 35.5. The zero-order valence-electron chi connectivity index (χ0n) is 16.4. The lowest BCUT2D eigenvalue weighted by Gasteiger charge is -2.30. The van der Waals surface area contributed by atoms with Gasteiger partial charge in [-0.1, -0.05) is 29.3 Å². The third-order valence-electron chi connectivity index (χ3n) is 5.39. The Balaban J connectivity index is 1.41. The maximum Gasteiger partial charge on any atom is 0.255 e. The average molecular weight is 434 g/mol. The van der Waals surface area contributed by atoms with E-state index in [1.807, 2.05) is 6.08 Å². The molecule has 0 unspecified atom stereocenters. The first-order chi connectivity index (χ1) is 14.5. The number of carbonyl (C=O) groups is 1. The number of piperidine rings is 1. The van der Waals surface area contributed by atoms with E-state index in [4.69, 9.17) is 16.3 Å². The van der Waals surface area contributed by atoms with E-state index in [0.29, 0.717) is 61.4 Å². The minimum absolute atomic E-state index is 0.0883. The van der Waals surface area contributed by atoms with Crippen molar-refractivity contribution in [1.29, 1.82) is 0 Å². The SMILES string of the molecule is O=C(c1cnc(N2CCC(=Cc3ccc(F)c(F)c3)CC2)c(Cl)c1)N1CCOCC1. The molecule has 0 spiro atoms. The zero-order chi connectivity index (χ0) is 21.1. The van der Waals surface area contributed by atoms with Gasteiger partial charge >= 0.3 is 0 Å². The van der Waals surface area contributed by atoms with E-state index in [1.165, 1.54) is 6.07 Å². The number of carbonyl (C=O) groups excluding carboxylic acids is 1. The summed E-state index contributed by atoms with van der Waals surface area (Å²) in [6.07, 6.45) is 5.02. The molecule has 1 amide bonds. The summed E-state index contributed by atoms with van der Waals surface area (Å²) in [5.74, 6) is -1.12. The van der Waals surface area contributed by atoms with E-state index >= 15 is 0 Å². The molecule has 2 aliphatic rings. The first kappa shape index (κ1) is 20.8. The molecule has 0 aliphatic carbocycles. The normalized spacial score (nSPS) is 17.2. The molecule has 2 saturated heterocycles. The van der Waals surface area contributed by atoms with Gasteiger partial charge in [-0.25, -0.2) is 13.8 Å². The molecule has 3 heterocycles. The molecule has 2 aromatic rings. The molecule has 0 saturated carbocycles. The topological polar surface area (TPSA) is 45.7 Å². The molecule has 0 radical (unpaired) electrons. The summed E-state index contributed by atoms with van der Waals surface area (Å²) in [5.41, 5.74) is 2.29. The second-order valence-electron chi connectivity index (χ2n) is 7.40. The molecule has 5 nitrogen and oxygen atoms in total.